The maximum absolute atomic E-state index is 14.5. The number of carbonyl (C=O) groups excluding carboxylic acids is 10. The zero-order valence-corrected chi connectivity index (χ0v) is 51.4. The van der Waals surface area contributed by atoms with Gasteiger partial charge in [0, 0.05) is 121 Å². The molecule has 0 saturated carbocycles. The Hall–Kier alpha value is -9.75. The number of primary amides is 1. The Morgan fingerprint density at radius 1 is 0.756 bits per heavy atom. The largest absolute Gasteiger partial charge is 0.445 e. The lowest BCUT2D eigenvalue weighted by Gasteiger charge is -2.33. The first-order chi connectivity index (χ1) is 43.3. The minimum Gasteiger partial charge on any atom is -0.445 e. The maximum Gasteiger partial charge on any atom is 0.415 e. The molecule has 6 heterocycles. The highest BCUT2D eigenvalue weighted by atomic mass is 35.5. The van der Waals surface area contributed by atoms with Gasteiger partial charge in [0.2, 0.25) is 17.7 Å². The van der Waals surface area contributed by atoms with Crippen LogP contribution >= 0.6 is 22.9 Å². The molecule has 9 N–H and O–H groups in total. The van der Waals surface area contributed by atoms with Gasteiger partial charge in [0.15, 0.2) is 5.75 Å². The summed E-state index contributed by atoms with van der Waals surface area (Å²) in [4.78, 5) is 143. The molecule has 26 heteroatoms. The van der Waals surface area contributed by atoms with Gasteiger partial charge in [0.1, 0.15) is 30.1 Å². The zero-order valence-electron chi connectivity index (χ0n) is 49.8. The smallest absolute Gasteiger partial charge is 0.415 e. The average Bonchev–Trinajstić information content (AvgIpc) is 1.72. The van der Waals surface area contributed by atoms with E-state index in [2.05, 4.69) is 36.6 Å². The number of amides is 11. The number of nitrogens with zero attached hydrogens (tertiary/aromatic N) is 4. The summed E-state index contributed by atoms with van der Waals surface area (Å²) in [7, 11) is 0. The van der Waals surface area contributed by atoms with Crippen molar-refractivity contribution in [3.05, 3.63) is 131 Å². The number of ether oxygens (including phenoxy) is 2. The summed E-state index contributed by atoms with van der Waals surface area (Å²) in [6.07, 6.45) is 3.25. The van der Waals surface area contributed by atoms with E-state index in [1.54, 1.807) is 79.4 Å². The van der Waals surface area contributed by atoms with Crippen molar-refractivity contribution in [2.24, 2.45) is 11.7 Å². The number of hydrogen-bond acceptors (Lipinski definition) is 13. The molecule has 3 unspecified atom stereocenters. The van der Waals surface area contributed by atoms with Gasteiger partial charge in [-0.2, -0.15) is 0 Å². The fourth-order valence-corrected chi connectivity index (χ4v) is 12.5. The Morgan fingerprint density at radius 3 is 2.16 bits per heavy atom. The van der Waals surface area contributed by atoms with Gasteiger partial charge in [-0.3, -0.25) is 38.5 Å². The molecule has 1 fully saturated rings. The summed E-state index contributed by atoms with van der Waals surface area (Å²) in [6, 6.07) is 22.0. The van der Waals surface area contributed by atoms with Gasteiger partial charge in [-0.25, -0.2) is 14.4 Å². The second-order valence-electron chi connectivity index (χ2n) is 22.7. The molecule has 24 nitrogen and oxygen atoms in total. The summed E-state index contributed by atoms with van der Waals surface area (Å²) in [6.45, 7) is 6.67. The number of aromatic nitrogens is 2. The van der Waals surface area contributed by atoms with Crippen LogP contribution in [0.1, 0.15) is 96.0 Å². The number of nitrogens with two attached hydrogens (primary N) is 1. The first-order valence-corrected chi connectivity index (χ1v) is 31.1. The number of urea groups is 1. The van der Waals surface area contributed by atoms with Crippen molar-refractivity contribution in [2.45, 2.75) is 83.9 Å². The molecule has 3 aromatic heterocycles. The molecule has 90 heavy (non-hydrogen) atoms. The van der Waals surface area contributed by atoms with Crippen LogP contribution in [-0.4, -0.2) is 148 Å². The third-order valence-electron chi connectivity index (χ3n) is 16.1. The number of H-pyrrole nitrogens is 2. The van der Waals surface area contributed by atoms with Gasteiger partial charge < -0.3 is 66.5 Å². The lowest BCUT2D eigenvalue weighted by atomic mass is 9.97. The molecular formula is C64H69ClN12O12S. The molecule has 4 aromatic carbocycles. The number of unbranched alkanes of at least 4 members (excludes halogenated alkanes) is 2. The van der Waals surface area contributed by atoms with E-state index in [1.165, 1.54) is 33.3 Å². The minimum absolute atomic E-state index is 0.101. The molecule has 3 aliphatic heterocycles. The maximum atomic E-state index is 14.5. The van der Waals surface area contributed by atoms with Crippen LogP contribution in [0.2, 0.25) is 0 Å². The number of halogens is 1. The molecule has 470 valence electrons. The van der Waals surface area contributed by atoms with Crippen LogP contribution in [0.4, 0.5) is 31.4 Å². The van der Waals surface area contributed by atoms with Crippen LogP contribution in [0.15, 0.2) is 102 Å². The first-order valence-electron chi connectivity index (χ1n) is 29.7. The number of hydrogen-bond donors (Lipinski definition) is 8. The number of fused-ring (bicyclic) bond motifs is 5. The van der Waals surface area contributed by atoms with Crippen molar-refractivity contribution in [3.8, 4) is 5.75 Å². The molecule has 1 saturated heterocycles. The van der Waals surface area contributed by atoms with Crippen LogP contribution in [0, 0.1) is 12.8 Å². The van der Waals surface area contributed by atoms with Gasteiger partial charge >= 0.3 is 18.2 Å². The van der Waals surface area contributed by atoms with E-state index < -0.39 is 42.1 Å². The van der Waals surface area contributed by atoms with Gasteiger partial charge in [0.25, 0.3) is 23.6 Å². The Labute approximate surface area is 526 Å². The van der Waals surface area contributed by atoms with Crippen LogP contribution in [0.3, 0.4) is 0 Å². The minimum atomic E-state index is -1.08. The van der Waals surface area contributed by atoms with E-state index in [0.29, 0.717) is 64.2 Å². The Balaban J connectivity index is 0.706. The number of carbonyl (C=O) groups is 10. The van der Waals surface area contributed by atoms with E-state index in [0.717, 1.165) is 37.0 Å². The quantitative estimate of drug-likeness (QED) is 0.0170. The molecule has 11 amide bonds. The van der Waals surface area contributed by atoms with E-state index >= 15 is 0 Å². The fourth-order valence-electron chi connectivity index (χ4n) is 11.3. The molecule has 0 radical (unpaired) electrons. The molecule has 0 aliphatic carbocycles. The van der Waals surface area contributed by atoms with Crippen molar-refractivity contribution in [1.82, 2.24) is 40.6 Å². The number of piperazine rings is 1. The third kappa shape index (κ3) is 14.7. The van der Waals surface area contributed by atoms with E-state index in [4.69, 9.17) is 26.8 Å². The van der Waals surface area contributed by atoms with Crippen molar-refractivity contribution < 1.29 is 57.4 Å². The van der Waals surface area contributed by atoms with Gasteiger partial charge in [-0.05, 0) is 109 Å². The SMILES string of the molecule is Cc1csc2c(OC(=O)N3CCN(C(=O)OCc4ccc(NC(=O)C(CCCNC(N)=O)NC(=O)C(NC(=O)CCCCCN5C(=O)C=CC5=O)C(C)C)cc4)CC3)cc3c(c12)C(CCl)CN3C(=O)c1cc2cc(NC(=O)c3cc4ccccc4[nH]3)ccc2[nH]1. The molecule has 3 aliphatic rings. The van der Waals surface area contributed by atoms with E-state index in [1.807, 2.05) is 36.6 Å². The number of imide groups is 1. The molecule has 0 spiro atoms. The number of thiophene rings is 1. The molecular weight excluding hydrogens is 1200 g/mol. The number of aromatic amines is 2. The Morgan fingerprint density at radius 2 is 1.44 bits per heavy atom. The predicted octanol–water partition coefficient (Wildman–Crippen LogP) is 8.36. The number of benzene rings is 4. The lowest BCUT2D eigenvalue weighted by molar-refractivity contribution is -0.137. The molecule has 10 rings (SSSR count). The number of anilines is 3. The zero-order chi connectivity index (χ0) is 63.8. The average molecular weight is 1270 g/mol. The van der Waals surface area contributed by atoms with Crippen molar-refractivity contribution >= 4 is 131 Å². The van der Waals surface area contributed by atoms with Crippen LogP contribution in [0.25, 0.3) is 31.9 Å². The van der Waals surface area contributed by atoms with Crippen LogP contribution in [0.5, 0.6) is 5.75 Å². The van der Waals surface area contributed by atoms with Crippen molar-refractivity contribution in [2.75, 3.05) is 67.2 Å². The number of alkyl halides is 1. The summed E-state index contributed by atoms with van der Waals surface area (Å²) in [5.74, 6) is -2.91. The standard InChI is InChI=1S/C64H69ClN12O12S/c1-36(2)56(73-51(78)13-5-4-8-23-76-52(79)20-21-53(76)80)60(83)72-46(12-9-22-67-62(66)85)58(81)68-42-16-14-38(15-17-42)34-88-63(86)74-24-26-75(27-25-74)64(87)89-50-31-49-55(54-37(3)35-90-57(50)54)41(32-65)33-77(49)61(84)48-30-40-28-43(18-19-45(40)71-48)69-59(82)47-29-39-10-6-7-11-44(39)70-47/h6-7,10-11,14-21,28-31,35-36,41,46,56,70-71H,4-5,8-9,12-13,22-27,32-34H2,1-3H3,(H,68,81)(H,69,82)(H,72,83)(H,73,78)(H3,66,67,85). The third-order valence-corrected chi connectivity index (χ3v) is 17.5. The summed E-state index contributed by atoms with van der Waals surface area (Å²) in [5.41, 5.74) is 11.5. The highest BCUT2D eigenvalue weighted by molar-refractivity contribution is 7.17. The van der Waals surface area contributed by atoms with Crippen LogP contribution < -0.4 is 42.0 Å². The summed E-state index contributed by atoms with van der Waals surface area (Å²) < 4.78 is 12.6. The monoisotopic (exact) mass is 1260 g/mol. The van der Waals surface area contributed by atoms with Crippen molar-refractivity contribution in [3.63, 3.8) is 0 Å². The van der Waals surface area contributed by atoms with Gasteiger partial charge in [-0.15, -0.1) is 22.9 Å². The second kappa shape index (κ2) is 28.2. The number of para-hydroxylation sites is 1. The Kier molecular flexibility index (Phi) is 19.8. The van der Waals surface area contributed by atoms with E-state index in [-0.39, 0.29) is 125 Å². The van der Waals surface area contributed by atoms with Gasteiger partial charge in [-0.1, -0.05) is 50.6 Å². The topological polar surface area (TPSA) is 320 Å². The number of aryl methyl sites for hydroxylation is 1. The molecule has 3 atom stereocenters. The lowest BCUT2D eigenvalue weighted by Crippen LogP contribution is -2.54. The van der Waals surface area contributed by atoms with Crippen molar-refractivity contribution in [1.29, 1.82) is 0 Å². The summed E-state index contributed by atoms with van der Waals surface area (Å²) >= 11 is 8.05. The highest BCUT2D eigenvalue weighted by Gasteiger charge is 2.38. The van der Waals surface area contributed by atoms with E-state index in [9.17, 15) is 47.9 Å². The molecule has 7 aromatic rings. The fraction of sp³-hybridized carbons (Fsp3) is 0.344. The number of nitrogens with one attached hydrogen (secondary N) is 7. The normalized spacial score (nSPS) is 15.3. The Bertz CT molecular complexity index is 3910. The highest BCUT2D eigenvalue weighted by Crippen LogP contribution is 2.49. The summed E-state index contributed by atoms with van der Waals surface area (Å²) in [5, 5.41) is 18.2. The van der Waals surface area contributed by atoms with Gasteiger partial charge in [0.05, 0.1) is 10.4 Å². The number of rotatable bonds is 23. The molecule has 0 bridgehead atoms. The van der Waals surface area contributed by atoms with Crippen LogP contribution in [-0.2, 0) is 35.3 Å². The second-order valence-corrected chi connectivity index (χ2v) is 23.9. The predicted molar refractivity (Wildman–Crippen MR) is 341 cm³/mol. The first kappa shape index (κ1) is 63.3.